The quantitative estimate of drug-likeness (QED) is 0.612. The molecular weight excluding hydrogens is 196 g/mol. The molecule has 0 spiro atoms. The molecule has 0 N–H and O–H groups in total. The molecule has 1 heteroatoms. The molecule has 0 radical (unpaired) electrons. The molecule has 0 saturated heterocycles. The van der Waals surface area contributed by atoms with E-state index in [-0.39, 0.29) is 11.3 Å². The van der Waals surface area contributed by atoms with E-state index in [9.17, 15) is 4.79 Å². The van der Waals surface area contributed by atoms with E-state index in [1.165, 1.54) is 5.57 Å². The molecule has 0 aromatic rings. The summed E-state index contributed by atoms with van der Waals surface area (Å²) >= 11 is 0. The Morgan fingerprint density at radius 3 is 2.75 bits per heavy atom. The first kappa shape index (κ1) is 11.6. The van der Waals surface area contributed by atoms with Crippen molar-refractivity contribution in [3.8, 4) is 0 Å². The molecule has 0 heterocycles. The average molecular weight is 218 g/mol. The number of carbonyl (C=O) groups is 1. The van der Waals surface area contributed by atoms with E-state index >= 15 is 0 Å². The van der Waals surface area contributed by atoms with Gasteiger partial charge in [-0.05, 0) is 38.5 Å². The molecule has 1 nitrogen and oxygen atoms in total. The van der Waals surface area contributed by atoms with Crippen molar-refractivity contribution in [3.63, 3.8) is 0 Å². The van der Waals surface area contributed by atoms with Crippen LogP contribution in [-0.4, -0.2) is 5.78 Å². The standard InChI is InChI=1S/C15H22O/c1-5-8-15-9-13(7-6-10(15)2)11(3)12(4)14(15)16/h5-6,8,11-13H,7,9H2,1-4H3. The van der Waals surface area contributed by atoms with Gasteiger partial charge in [0.15, 0.2) is 0 Å². The molecular formula is C15H22O. The number of allylic oxidation sites excluding steroid dienone is 4. The van der Waals surface area contributed by atoms with Crippen LogP contribution in [0.25, 0.3) is 0 Å². The molecule has 0 aliphatic heterocycles. The van der Waals surface area contributed by atoms with E-state index < -0.39 is 0 Å². The van der Waals surface area contributed by atoms with Crippen LogP contribution in [0.3, 0.4) is 0 Å². The van der Waals surface area contributed by atoms with Gasteiger partial charge in [-0.15, -0.1) is 0 Å². The number of ketones is 1. The Hall–Kier alpha value is -0.850. The van der Waals surface area contributed by atoms with E-state index in [1.54, 1.807) is 0 Å². The molecule has 4 unspecified atom stereocenters. The summed E-state index contributed by atoms with van der Waals surface area (Å²) in [5.41, 5.74) is 1.01. The van der Waals surface area contributed by atoms with Crippen LogP contribution < -0.4 is 0 Å². The van der Waals surface area contributed by atoms with Gasteiger partial charge in [-0.25, -0.2) is 0 Å². The molecule has 1 fully saturated rings. The van der Waals surface area contributed by atoms with Crippen LogP contribution in [0.15, 0.2) is 23.8 Å². The van der Waals surface area contributed by atoms with E-state index in [2.05, 4.69) is 32.9 Å². The Morgan fingerprint density at radius 2 is 2.12 bits per heavy atom. The van der Waals surface area contributed by atoms with E-state index in [0.717, 1.165) is 12.8 Å². The molecule has 2 aliphatic carbocycles. The maximum atomic E-state index is 12.6. The van der Waals surface area contributed by atoms with E-state index in [0.29, 0.717) is 17.6 Å². The normalized spacial score (nSPS) is 43.6. The Labute approximate surface area is 98.6 Å². The SMILES string of the molecule is CC=CC12CC(CC=C1C)C(C)C(C)C2=O. The lowest BCUT2D eigenvalue weighted by molar-refractivity contribution is -0.135. The van der Waals surface area contributed by atoms with Crippen LogP contribution in [0.4, 0.5) is 0 Å². The fourth-order valence-electron chi connectivity index (χ4n) is 3.48. The Morgan fingerprint density at radius 1 is 1.44 bits per heavy atom. The number of rotatable bonds is 1. The van der Waals surface area contributed by atoms with Crippen LogP contribution in [0.2, 0.25) is 0 Å². The third-order valence-electron chi connectivity index (χ3n) is 4.85. The predicted molar refractivity (Wildman–Crippen MR) is 67.1 cm³/mol. The van der Waals surface area contributed by atoms with Crippen molar-refractivity contribution in [2.45, 2.75) is 40.5 Å². The molecule has 1 saturated carbocycles. The molecule has 16 heavy (non-hydrogen) atoms. The second kappa shape index (κ2) is 3.87. The molecule has 88 valence electrons. The van der Waals surface area contributed by atoms with Gasteiger partial charge in [-0.1, -0.05) is 37.6 Å². The van der Waals surface area contributed by atoms with Crippen molar-refractivity contribution in [2.24, 2.45) is 23.2 Å². The van der Waals surface area contributed by atoms with Gasteiger partial charge < -0.3 is 0 Å². The molecule has 2 aliphatic rings. The van der Waals surface area contributed by atoms with Crippen LogP contribution in [0.1, 0.15) is 40.5 Å². The van der Waals surface area contributed by atoms with Gasteiger partial charge in [0.05, 0.1) is 5.41 Å². The Kier molecular flexibility index (Phi) is 2.81. The topological polar surface area (TPSA) is 17.1 Å². The van der Waals surface area contributed by atoms with Crippen LogP contribution in [-0.2, 0) is 4.79 Å². The minimum absolute atomic E-state index is 0.207. The summed E-state index contributed by atoms with van der Waals surface area (Å²) in [7, 11) is 0. The van der Waals surface area contributed by atoms with Gasteiger partial charge in [0.1, 0.15) is 5.78 Å². The summed E-state index contributed by atoms with van der Waals surface area (Å²) in [5.74, 6) is 1.87. The molecule has 2 bridgehead atoms. The number of Topliss-reactive ketones (excluding diaryl/α,β-unsaturated/α-hetero) is 1. The second-order valence-corrected chi connectivity index (χ2v) is 5.57. The molecule has 0 amide bonds. The number of hydrogen-bond acceptors (Lipinski definition) is 1. The monoisotopic (exact) mass is 218 g/mol. The van der Waals surface area contributed by atoms with Crippen molar-refractivity contribution in [3.05, 3.63) is 23.8 Å². The summed E-state index contributed by atoms with van der Waals surface area (Å²) in [6.45, 7) is 8.48. The highest BCUT2D eigenvalue weighted by Crippen LogP contribution is 2.52. The lowest BCUT2D eigenvalue weighted by Gasteiger charge is -2.48. The van der Waals surface area contributed by atoms with Gasteiger partial charge in [-0.2, -0.15) is 0 Å². The lowest BCUT2D eigenvalue weighted by atomic mass is 9.55. The maximum Gasteiger partial charge on any atom is 0.149 e. The average Bonchev–Trinajstić information content (AvgIpc) is 2.28. The summed E-state index contributed by atoms with van der Waals surface area (Å²) < 4.78 is 0. The fourth-order valence-corrected chi connectivity index (χ4v) is 3.48. The predicted octanol–water partition coefficient (Wildman–Crippen LogP) is 3.76. The Bertz CT molecular complexity index is 364. The third kappa shape index (κ3) is 1.41. The van der Waals surface area contributed by atoms with Crippen molar-refractivity contribution >= 4 is 5.78 Å². The maximum absolute atomic E-state index is 12.6. The largest absolute Gasteiger partial charge is 0.298 e. The van der Waals surface area contributed by atoms with Crippen LogP contribution in [0, 0.1) is 23.2 Å². The van der Waals surface area contributed by atoms with Crippen molar-refractivity contribution in [1.29, 1.82) is 0 Å². The van der Waals surface area contributed by atoms with Crippen molar-refractivity contribution < 1.29 is 4.79 Å². The molecule has 0 aromatic carbocycles. The van der Waals surface area contributed by atoms with Crippen LogP contribution >= 0.6 is 0 Å². The minimum atomic E-state index is -0.260. The van der Waals surface area contributed by atoms with Gasteiger partial charge in [-0.3, -0.25) is 4.79 Å². The first-order valence-corrected chi connectivity index (χ1v) is 6.38. The summed E-state index contributed by atoms with van der Waals surface area (Å²) in [5, 5.41) is 0. The highest BCUT2D eigenvalue weighted by atomic mass is 16.1. The van der Waals surface area contributed by atoms with Gasteiger partial charge in [0.25, 0.3) is 0 Å². The minimum Gasteiger partial charge on any atom is -0.298 e. The highest BCUT2D eigenvalue weighted by molar-refractivity contribution is 5.93. The first-order valence-electron chi connectivity index (χ1n) is 6.38. The summed E-state index contributed by atoms with van der Waals surface area (Å²) in [6.07, 6.45) is 8.65. The summed E-state index contributed by atoms with van der Waals surface area (Å²) in [4.78, 5) is 12.6. The highest BCUT2D eigenvalue weighted by Gasteiger charge is 2.50. The number of carbonyl (C=O) groups excluding carboxylic acids is 1. The van der Waals surface area contributed by atoms with Gasteiger partial charge in [0, 0.05) is 5.92 Å². The smallest absolute Gasteiger partial charge is 0.149 e. The zero-order valence-corrected chi connectivity index (χ0v) is 10.8. The molecule has 4 atom stereocenters. The van der Waals surface area contributed by atoms with Crippen molar-refractivity contribution in [2.75, 3.05) is 0 Å². The third-order valence-corrected chi connectivity index (χ3v) is 4.85. The fraction of sp³-hybridized carbons (Fsp3) is 0.667. The van der Waals surface area contributed by atoms with E-state index in [1.807, 2.05) is 13.0 Å². The zero-order valence-electron chi connectivity index (χ0n) is 10.8. The molecule has 2 rings (SSSR count). The lowest BCUT2D eigenvalue weighted by Crippen LogP contribution is -2.47. The second-order valence-electron chi connectivity index (χ2n) is 5.57. The van der Waals surface area contributed by atoms with Crippen LogP contribution in [0.5, 0.6) is 0 Å². The number of hydrogen-bond donors (Lipinski definition) is 0. The number of fused-ring (bicyclic) bond motifs is 2. The summed E-state index contributed by atoms with van der Waals surface area (Å²) in [6, 6.07) is 0. The Balaban J connectivity index is 2.50. The first-order chi connectivity index (χ1) is 7.53. The zero-order chi connectivity index (χ0) is 11.9. The van der Waals surface area contributed by atoms with Gasteiger partial charge >= 0.3 is 0 Å². The van der Waals surface area contributed by atoms with Gasteiger partial charge in [0.2, 0.25) is 0 Å². The molecule has 0 aromatic heterocycles. The van der Waals surface area contributed by atoms with Crippen molar-refractivity contribution in [1.82, 2.24) is 0 Å². The van der Waals surface area contributed by atoms with E-state index in [4.69, 9.17) is 0 Å².